The first-order valence-electron chi connectivity index (χ1n) is 10.4. The average Bonchev–Trinajstić information content (AvgIpc) is 2.66. The van der Waals surface area contributed by atoms with Gasteiger partial charge in [-0.05, 0) is 54.5 Å². The summed E-state index contributed by atoms with van der Waals surface area (Å²) in [6, 6.07) is 5.94. The highest BCUT2D eigenvalue weighted by Crippen LogP contribution is 2.41. The maximum absolute atomic E-state index is 15.3. The highest BCUT2D eigenvalue weighted by Gasteiger charge is 2.39. The van der Waals surface area contributed by atoms with E-state index >= 15 is 4.39 Å². The van der Waals surface area contributed by atoms with E-state index in [2.05, 4.69) is 21.2 Å². The zero-order chi connectivity index (χ0) is 25.1. The molecule has 2 rings (SSSR count). The molecule has 0 fully saturated rings. The van der Waals surface area contributed by atoms with Gasteiger partial charge in [-0.1, -0.05) is 54.0 Å². The minimum Gasteiger partial charge on any atom is -0.481 e. The Morgan fingerprint density at radius 2 is 1.73 bits per heavy atom. The third-order valence-electron chi connectivity index (χ3n) is 5.32. The quantitative estimate of drug-likeness (QED) is 0.299. The van der Waals surface area contributed by atoms with E-state index in [9.17, 15) is 27.9 Å². The van der Waals surface area contributed by atoms with E-state index < -0.39 is 52.3 Å². The van der Waals surface area contributed by atoms with Crippen molar-refractivity contribution in [3.8, 4) is 11.1 Å². The van der Waals surface area contributed by atoms with Crippen molar-refractivity contribution in [2.75, 3.05) is 0 Å². The van der Waals surface area contributed by atoms with Crippen LogP contribution in [0.1, 0.15) is 55.0 Å². The van der Waals surface area contributed by atoms with Crippen LogP contribution < -0.4 is 5.32 Å². The summed E-state index contributed by atoms with van der Waals surface area (Å²) in [6.45, 7) is 6.90. The number of halogens is 5. The number of benzene rings is 2. The fourth-order valence-corrected chi connectivity index (χ4v) is 4.61. The molecule has 0 spiro atoms. The van der Waals surface area contributed by atoms with Gasteiger partial charge in [-0.25, -0.2) is 4.39 Å². The van der Waals surface area contributed by atoms with Gasteiger partial charge in [-0.3, -0.25) is 9.59 Å². The second kappa shape index (κ2) is 10.7. The van der Waals surface area contributed by atoms with Crippen LogP contribution in [0.5, 0.6) is 0 Å². The number of aliphatic carboxylic acids is 1. The smallest absolute Gasteiger partial charge is 0.419 e. The summed E-state index contributed by atoms with van der Waals surface area (Å²) in [7, 11) is 0. The van der Waals surface area contributed by atoms with Gasteiger partial charge < -0.3 is 10.4 Å². The second-order valence-corrected chi connectivity index (χ2v) is 9.50. The lowest BCUT2D eigenvalue weighted by Crippen LogP contribution is -2.37. The van der Waals surface area contributed by atoms with Gasteiger partial charge in [0.15, 0.2) is 0 Å². The molecule has 0 bridgehead atoms. The van der Waals surface area contributed by atoms with Gasteiger partial charge in [0.2, 0.25) is 5.91 Å². The van der Waals surface area contributed by atoms with Crippen molar-refractivity contribution in [2.24, 2.45) is 5.92 Å². The normalized spacial score (nSPS) is 13.6. The average molecular weight is 532 g/mol. The first-order chi connectivity index (χ1) is 15.2. The minimum atomic E-state index is -5.02. The van der Waals surface area contributed by atoms with Gasteiger partial charge in [0.25, 0.3) is 0 Å². The number of nitrogens with one attached hydrogen (secondary N) is 1. The molecule has 33 heavy (non-hydrogen) atoms. The van der Waals surface area contributed by atoms with Crippen LogP contribution in [-0.2, 0) is 15.8 Å². The predicted octanol–water partition coefficient (Wildman–Crippen LogP) is 6.57. The summed E-state index contributed by atoms with van der Waals surface area (Å²) in [5.41, 5.74) is -0.607. The largest absolute Gasteiger partial charge is 0.481 e. The molecule has 0 aliphatic carbocycles. The van der Waals surface area contributed by atoms with Gasteiger partial charge in [0, 0.05) is 5.56 Å². The van der Waals surface area contributed by atoms with Crippen LogP contribution in [0.25, 0.3) is 11.1 Å². The zero-order valence-corrected chi connectivity index (χ0v) is 20.3. The van der Waals surface area contributed by atoms with E-state index in [-0.39, 0.29) is 17.0 Å². The van der Waals surface area contributed by atoms with Crippen LogP contribution in [-0.4, -0.2) is 21.8 Å². The van der Waals surface area contributed by atoms with Gasteiger partial charge in [-0.15, -0.1) is 0 Å². The Morgan fingerprint density at radius 1 is 1.12 bits per heavy atom. The Morgan fingerprint density at radius 3 is 2.24 bits per heavy atom. The Hall–Kier alpha value is -2.42. The highest BCUT2D eigenvalue weighted by atomic mass is 79.9. The summed E-state index contributed by atoms with van der Waals surface area (Å²) < 4.78 is 56.6. The first-order valence-corrected chi connectivity index (χ1v) is 11.3. The Bertz CT molecular complexity index is 1040. The first kappa shape index (κ1) is 26.8. The molecule has 0 aromatic heterocycles. The molecule has 0 aliphatic heterocycles. The molecule has 2 aromatic rings. The van der Waals surface area contributed by atoms with Crippen LogP contribution in [0, 0.1) is 25.6 Å². The van der Waals surface area contributed by atoms with E-state index in [0.717, 1.165) is 6.07 Å². The molecule has 2 aromatic carbocycles. The standard InChI is InChI=1S/C24H26BrF4NO3/c1-12(2)9-18(25)23(33)30-19(11-20(31)32)21-14(4)16(15-8-6-5-7-13(15)3)10-17(22(21)26)24(27,28)29/h5-8,10,12,18-19H,9,11H2,1-4H3,(H,30,33)(H,31,32). The lowest BCUT2D eigenvalue weighted by atomic mass is 9.87. The van der Waals surface area contributed by atoms with Gasteiger partial charge >= 0.3 is 12.1 Å². The van der Waals surface area contributed by atoms with Crippen molar-refractivity contribution in [3.63, 3.8) is 0 Å². The number of rotatable bonds is 8. The van der Waals surface area contributed by atoms with Gasteiger partial charge in [0.1, 0.15) is 5.82 Å². The molecule has 0 aliphatic rings. The third-order valence-corrected chi connectivity index (χ3v) is 6.11. The molecule has 9 heteroatoms. The lowest BCUT2D eigenvalue weighted by molar-refractivity contribution is -0.140. The number of alkyl halides is 4. The molecule has 0 saturated carbocycles. The van der Waals surface area contributed by atoms with E-state index in [1.807, 2.05) is 13.8 Å². The number of hydrogen-bond acceptors (Lipinski definition) is 2. The number of amides is 1. The second-order valence-electron chi connectivity index (χ2n) is 8.39. The molecule has 180 valence electrons. The predicted molar refractivity (Wildman–Crippen MR) is 122 cm³/mol. The SMILES string of the molecule is Cc1ccccc1-c1cc(C(F)(F)F)c(F)c(C(CC(=O)O)NC(=O)C(Br)CC(C)C)c1C. The summed E-state index contributed by atoms with van der Waals surface area (Å²) in [5, 5.41) is 11.8. The van der Waals surface area contributed by atoms with E-state index in [0.29, 0.717) is 17.5 Å². The van der Waals surface area contributed by atoms with Crippen molar-refractivity contribution in [1.29, 1.82) is 0 Å². The monoisotopic (exact) mass is 531 g/mol. The summed E-state index contributed by atoms with van der Waals surface area (Å²) >= 11 is 3.22. The molecule has 0 saturated heterocycles. The molecule has 0 heterocycles. The van der Waals surface area contributed by atoms with Crippen LogP contribution in [0.15, 0.2) is 30.3 Å². The molecule has 0 radical (unpaired) electrons. The maximum atomic E-state index is 15.3. The summed E-state index contributed by atoms with van der Waals surface area (Å²) in [4.78, 5) is 23.5. The molecular formula is C24H26BrF4NO3. The van der Waals surface area contributed by atoms with Gasteiger partial charge in [0.05, 0.1) is 22.9 Å². The number of carbonyl (C=O) groups excluding carboxylic acids is 1. The Labute approximate surface area is 198 Å². The Balaban J connectivity index is 2.74. The molecule has 4 nitrogen and oxygen atoms in total. The van der Waals surface area contributed by atoms with Gasteiger partial charge in [-0.2, -0.15) is 13.2 Å². The van der Waals surface area contributed by atoms with Crippen LogP contribution in [0.2, 0.25) is 0 Å². The number of aryl methyl sites for hydroxylation is 1. The summed E-state index contributed by atoms with van der Waals surface area (Å²) in [5.74, 6) is -3.47. The molecule has 2 unspecified atom stereocenters. The molecule has 2 N–H and O–H groups in total. The molecular weight excluding hydrogens is 506 g/mol. The minimum absolute atomic E-state index is 0.123. The van der Waals surface area contributed by atoms with E-state index in [1.54, 1.807) is 31.2 Å². The fraction of sp³-hybridized carbons (Fsp3) is 0.417. The number of carboxylic acid groups (broad SMARTS) is 1. The van der Waals surface area contributed by atoms with Crippen LogP contribution in [0.3, 0.4) is 0 Å². The number of carbonyl (C=O) groups is 2. The number of hydrogen-bond donors (Lipinski definition) is 2. The lowest BCUT2D eigenvalue weighted by Gasteiger charge is -2.26. The van der Waals surface area contributed by atoms with Crippen molar-refractivity contribution >= 4 is 27.8 Å². The summed E-state index contributed by atoms with van der Waals surface area (Å²) in [6.07, 6.45) is -5.39. The van der Waals surface area contributed by atoms with Crippen molar-refractivity contribution in [3.05, 3.63) is 58.4 Å². The van der Waals surface area contributed by atoms with E-state index in [4.69, 9.17) is 0 Å². The topological polar surface area (TPSA) is 66.4 Å². The highest BCUT2D eigenvalue weighted by molar-refractivity contribution is 9.10. The van der Waals surface area contributed by atoms with E-state index in [1.165, 1.54) is 6.92 Å². The third kappa shape index (κ3) is 6.56. The number of carboxylic acids is 1. The van der Waals surface area contributed by atoms with Crippen molar-refractivity contribution < 1.29 is 32.3 Å². The van der Waals surface area contributed by atoms with Crippen LogP contribution in [0.4, 0.5) is 17.6 Å². The molecule has 1 amide bonds. The zero-order valence-electron chi connectivity index (χ0n) is 18.7. The van der Waals surface area contributed by atoms with Crippen molar-refractivity contribution in [1.82, 2.24) is 5.32 Å². The van der Waals surface area contributed by atoms with Crippen LogP contribution >= 0.6 is 15.9 Å². The maximum Gasteiger partial charge on any atom is 0.419 e. The Kier molecular flexibility index (Phi) is 8.68. The van der Waals surface area contributed by atoms with Crippen molar-refractivity contribution in [2.45, 2.75) is 57.6 Å². The fourth-order valence-electron chi connectivity index (χ4n) is 3.73. The molecule has 2 atom stereocenters.